The molecule has 0 aromatic rings. The number of likely N-dealkylation sites (tertiary alicyclic amines) is 1. The summed E-state index contributed by atoms with van der Waals surface area (Å²) in [5, 5.41) is 19.4. The summed E-state index contributed by atoms with van der Waals surface area (Å²) in [5.41, 5.74) is 0. The monoisotopic (exact) mass is 211 g/mol. The van der Waals surface area contributed by atoms with Gasteiger partial charge < -0.3 is 15.3 Å². The average Bonchev–Trinajstić information content (AvgIpc) is 2.72. The maximum Gasteiger partial charge on any atom is 0.312 e. The molecule has 0 unspecified atom stereocenters. The van der Waals surface area contributed by atoms with Crippen molar-refractivity contribution in [2.75, 3.05) is 19.7 Å². The van der Waals surface area contributed by atoms with E-state index in [-0.39, 0.29) is 19.2 Å². The zero-order valence-electron chi connectivity index (χ0n) is 8.27. The maximum absolute atomic E-state index is 11.5. The topological polar surface area (TPSA) is 93.4 Å². The fourth-order valence-corrected chi connectivity index (χ4v) is 1.62. The first kappa shape index (κ1) is 11.5. The van der Waals surface area contributed by atoms with Gasteiger partial charge in [0.15, 0.2) is 0 Å². The molecule has 0 saturated carbocycles. The van der Waals surface area contributed by atoms with Gasteiger partial charge in [0.05, 0.1) is 18.7 Å². The molecule has 2 amide bonds. The zero-order chi connectivity index (χ0) is 11.3. The highest BCUT2D eigenvalue weighted by Gasteiger charge is 2.31. The first-order valence-electron chi connectivity index (χ1n) is 4.77. The van der Waals surface area contributed by atoms with Crippen LogP contribution < -0.4 is 5.32 Å². The SMILES string of the molecule is N#CCNC(=O)C(=O)N1CCC[C@@H]1CO. The van der Waals surface area contributed by atoms with E-state index in [4.69, 9.17) is 10.4 Å². The highest BCUT2D eigenvalue weighted by Crippen LogP contribution is 2.16. The van der Waals surface area contributed by atoms with Crippen LogP contribution in [0.2, 0.25) is 0 Å². The van der Waals surface area contributed by atoms with E-state index in [9.17, 15) is 9.59 Å². The van der Waals surface area contributed by atoms with Crippen LogP contribution in [-0.4, -0.2) is 47.6 Å². The predicted octanol–water partition coefficient (Wildman–Crippen LogP) is -1.39. The summed E-state index contributed by atoms with van der Waals surface area (Å²) >= 11 is 0. The van der Waals surface area contributed by atoms with Crippen LogP contribution in [0.1, 0.15) is 12.8 Å². The van der Waals surface area contributed by atoms with Crippen LogP contribution in [0.4, 0.5) is 0 Å². The minimum atomic E-state index is -0.781. The van der Waals surface area contributed by atoms with Gasteiger partial charge in [-0.3, -0.25) is 9.59 Å². The molecule has 1 fully saturated rings. The van der Waals surface area contributed by atoms with Crippen molar-refractivity contribution in [3.63, 3.8) is 0 Å². The Kier molecular flexibility index (Phi) is 4.06. The van der Waals surface area contributed by atoms with Crippen molar-refractivity contribution in [2.24, 2.45) is 0 Å². The van der Waals surface area contributed by atoms with E-state index >= 15 is 0 Å². The number of nitriles is 1. The van der Waals surface area contributed by atoms with Crippen molar-refractivity contribution in [1.82, 2.24) is 10.2 Å². The largest absolute Gasteiger partial charge is 0.394 e. The van der Waals surface area contributed by atoms with Crippen LogP contribution in [0.3, 0.4) is 0 Å². The third-order valence-electron chi connectivity index (χ3n) is 2.37. The molecule has 1 rings (SSSR count). The molecular weight excluding hydrogens is 198 g/mol. The molecule has 0 aromatic heterocycles. The summed E-state index contributed by atoms with van der Waals surface area (Å²) in [6.07, 6.45) is 1.51. The molecule has 0 aromatic carbocycles. The van der Waals surface area contributed by atoms with Crippen molar-refractivity contribution in [3.05, 3.63) is 0 Å². The van der Waals surface area contributed by atoms with Gasteiger partial charge in [-0.15, -0.1) is 0 Å². The first-order valence-corrected chi connectivity index (χ1v) is 4.77. The second kappa shape index (κ2) is 5.32. The highest BCUT2D eigenvalue weighted by molar-refractivity contribution is 6.35. The Morgan fingerprint density at radius 3 is 2.93 bits per heavy atom. The van der Waals surface area contributed by atoms with Gasteiger partial charge in [0.1, 0.15) is 6.54 Å². The van der Waals surface area contributed by atoms with Crippen LogP contribution >= 0.6 is 0 Å². The Balaban J connectivity index is 2.52. The minimum Gasteiger partial charge on any atom is -0.394 e. The molecule has 1 saturated heterocycles. The van der Waals surface area contributed by atoms with Crippen molar-refractivity contribution in [2.45, 2.75) is 18.9 Å². The summed E-state index contributed by atoms with van der Waals surface area (Å²) in [6, 6.07) is 1.46. The van der Waals surface area contributed by atoms with E-state index in [1.54, 1.807) is 6.07 Å². The Hall–Kier alpha value is -1.61. The summed E-state index contributed by atoms with van der Waals surface area (Å²) in [5.74, 6) is -1.45. The predicted molar refractivity (Wildman–Crippen MR) is 50.4 cm³/mol. The maximum atomic E-state index is 11.5. The molecule has 82 valence electrons. The average molecular weight is 211 g/mol. The molecule has 1 heterocycles. The summed E-state index contributed by atoms with van der Waals surface area (Å²) in [7, 11) is 0. The number of hydrogen-bond acceptors (Lipinski definition) is 4. The van der Waals surface area contributed by atoms with E-state index in [0.717, 1.165) is 6.42 Å². The molecule has 6 heteroatoms. The number of amides is 2. The molecule has 1 atom stereocenters. The molecule has 0 spiro atoms. The van der Waals surface area contributed by atoms with Crippen LogP contribution in [0, 0.1) is 11.3 Å². The second-order valence-corrected chi connectivity index (χ2v) is 3.32. The quantitative estimate of drug-likeness (QED) is 0.434. The van der Waals surface area contributed by atoms with Gasteiger partial charge in [0.25, 0.3) is 0 Å². The van der Waals surface area contributed by atoms with Crippen molar-refractivity contribution < 1.29 is 14.7 Å². The number of nitrogens with one attached hydrogen (secondary N) is 1. The molecule has 1 aliphatic rings. The second-order valence-electron chi connectivity index (χ2n) is 3.32. The number of carbonyl (C=O) groups excluding carboxylic acids is 2. The number of rotatable bonds is 2. The molecule has 0 bridgehead atoms. The lowest BCUT2D eigenvalue weighted by atomic mass is 10.2. The minimum absolute atomic E-state index is 0.128. The van der Waals surface area contributed by atoms with E-state index in [2.05, 4.69) is 5.32 Å². The van der Waals surface area contributed by atoms with Gasteiger partial charge in [-0.05, 0) is 12.8 Å². The highest BCUT2D eigenvalue weighted by atomic mass is 16.3. The summed E-state index contributed by atoms with van der Waals surface area (Å²) in [6.45, 7) is 0.184. The molecule has 6 nitrogen and oxygen atoms in total. The lowest BCUT2D eigenvalue weighted by molar-refractivity contribution is -0.146. The normalized spacial score (nSPS) is 19.7. The van der Waals surface area contributed by atoms with Gasteiger partial charge in [0, 0.05) is 6.54 Å². The summed E-state index contributed by atoms with van der Waals surface area (Å²) in [4.78, 5) is 24.1. The van der Waals surface area contributed by atoms with E-state index in [0.29, 0.717) is 13.0 Å². The van der Waals surface area contributed by atoms with Crippen LogP contribution in [0.25, 0.3) is 0 Å². The van der Waals surface area contributed by atoms with Gasteiger partial charge in [-0.25, -0.2) is 0 Å². The van der Waals surface area contributed by atoms with Crippen LogP contribution in [0.5, 0.6) is 0 Å². The molecular formula is C9H13N3O3. The van der Waals surface area contributed by atoms with Gasteiger partial charge in [0.2, 0.25) is 0 Å². The lowest BCUT2D eigenvalue weighted by Gasteiger charge is -2.21. The van der Waals surface area contributed by atoms with Crippen molar-refractivity contribution in [1.29, 1.82) is 5.26 Å². The number of aliphatic hydroxyl groups excluding tert-OH is 1. The van der Waals surface area contributed by atoms with Crippen LogP contribution in [-0.2, 0) is 9.59 Å². The molecule has 0 aliphatic carbocycles. The van der Waals surface area contributed by atoms with E-state index < -0.39 is 11.8 Å². The number of carbonyl (C=O) groups is 2. The number of nitrogens with zero attached hydrogens (tertiary/aromatic N) is 2. The molecule has 0 radical (unpaired) electrons. The lowest BCUT2D eigenvalue weighted by Crippen LogP contribution is -2.46. The fourth-order valence-electron chi connectivity index (χ4n) is 1.62. The van der Waals surface area contributed by atoms with E-state index in [1.165, 1.54) is 4.90 Å². The Morgan fingerprint density at radius 1 is 1.60 bits per heavy atom. The third kappa shape index (κ3) is 2.67. The zero-order valence-corrected chi connectivity index (χ0v) is 8.27. The smallest absolute Gasteiger partial charge is 0.312 e. The standard InChI is InChI=1S/C9H13N3O3/c10-3-4-11-8(14)9(15)12-5-1-2-7(12)6-13/h7,13H,1-2,4-6H2,(H,11,14)/t7-/m1/s1. The van der Waals surface area contributed by atoms with E-state index in [1.807, 2.05) is 0 Å². The number of hydrogen-bond donors (Lipinski definition) is 2. The van der Waals surface area contributed by atoms with Gasteiger partial charge in [-0.2, -0.15) is 5.26 Å². The van der Waals surface area contributed by atoms with Crippen molar-refractivity contribution >= 4 is 11.8 Å². The third-order valence-corrected chi connectivity index (χ3v) is 2.37. The Morgan fingerprint density at radius 2 is 2.33 bits per heavy atom. The van der Waals surface area contributed by atoms with Crippen LogP contribution in [0.15, 0.2) is 0 Å². The first-order chi connectivity index (χ1) is 7.20. The summed E-state index contributed by atoms with van der Waals surface area (Å²) < 4.78 is 0. The van der Waals surface area contributed by atoms with Gasteiger partial charge in [-0.1, -0.05) is 0 Å². The Bertz CT molecular complexity index is 297. The van der Waals surface area contributed by atoms with Crippen molar-refractivity contribution in [3.8, 4) is 6.07 Å². The molecule has 15 heavy (non-hydrogen) atoms. The fraction of sp³-hybridized carbons (Fsp3) is 0.667. The Labute approximate surface area is 87.5 Å². The van der Waals surface area contributed by atoms with Gasteiger partial charge >= 0.3 is 11.8 Å². The number of aliphatic hydroxyl groups is 1. The molecule has 1 aliphatic heterocycles. The molecule has 2 N–H and O–H groups in total.